The van der Waals surface area contributed by atoms with Gasteiger partial charge in [0.15, 0.2) is 17.5 Å². The molecule has 1 fully saturated rings. The second-order valence-corrected chi connectivity index (χ2v) is 7.57. The van der Waals surface area contributed by atoms with Crippen LogP contribution >= 0.6 is 0 Å². The number of halogens is 3. The molecular weight excluding hydrogens is 349 g/mol. The molecule has 1 aliphatic carbocycles. The molecule has 2 aromatic rings. The quantitative estimate of drug-likeness (QED) is 0.483. The summed E-state index contributed by atoms with van der Waals surface area (Å²) >= 11 is 0. The molecule has 0 saturated heterocycles. The Morgan fingerprint density at radius 2 is 1.63 bits per heavy atom. The van der Waals surface area contributed by atoms with Crippen molar-refractivity contribution < 1.29 is 17.9 Å². The van der Waals surface area contributed by atoms with E-state index in [-0.39, 0.29) is 0 Å². The van der Waals surface area contributed by atoms with Gasteiger partial charge in [-0.05, 0) is 72.9 Å². The Morgan fingerprint density at radius 3 is 2.22 bits per heavy atom. The van der Waals surface area contributed by atoms with Crippen LogP contribution in [0.4, 0.5) is 13.2 Å². The van der Waals surface area contributed by atoms with Crippen molar-refractivity contribution in [2.24, 2.45) is 5.92 Å². The molecule has 146 valence electrons. The van der Waals surface area contributed by atoms with Crippen LogP contribution in [0.1, 0.15) is 63.4 Å². The molecule has 27 heavy (non-hydrogen) atoms. The predicted octanol–water partition coefficient (Wildman–Crippen LogP) is 7.24. The van der Waals surface area contributed by atoms with Crippen LogP contribution in [0.3, 0.4) is 0 Å². The fourth-order valence-electron chi connectivity index (χ4n) is 4.19. The van der Waals surface area contributed by atoms with Gasteiger partial charge in [-0.15, -0.1) is 0 Å². The van der Waals surface area contributed by atoms with Gasteiger partial charge in [0.05, 0.1) is 7.11 Å². The highest BCUT2D eigenvalue weighted by atomic mass is 19.2. The van der Waals surface area contributed by atoms with Gasteiger partial charge < -0.3 is 4.74 Å². The Hall–Kier alpha value is -1.97. The van der Waals surface area contributed by atoms with Crippen LogP contribution in [-0.4, -0.2) is 7.11 Å². The molecule has 0 bridgehead atoms. The largest absolute Gasteiger partial charge is 0.496 e. The van der Waals surface area contributed by atoms with Crippen LogP contribution in [0.25, 0.3) is 11.1 Å². The first-order chi connectivity index (χ1) is 13.0. The molecule has 1 nitrogen and oxygen atoms in total. The number of benzene rings is 2. The van der Waals surface area contributed by atoms with Crippen LogP contribution in [0, 0.1) is 23.4 Å². The average Bonchev–Trinajstić information content (AvgIpc) is 2.70. The van der Waals surface area contributed by atoms with E-state index in [0.717, 1.165) is 36.5 Å². The summed E-state index contributed by atoms with van der Waals surface area (Å²) in [5, 5.41) is 0. The third-order valence-corrected chi connectivity index (χ3v) is 5.80. The molecule has 4 heteroatoms. The Kier molecular flexibility index (Phi) is 6.46. The molecule has 0 atom stereocenters. The lowest BCUT2D eigenvalue weighted by Gasteiger charge is -2.29. The summed E-state index contributed by atoms with van der Waals surface area (Å²) in [6, 6.07) is 7.88. The first kappa shape index (κ1) is 19.8. The number of hydrogen-bond acceptors (Lipinski definition) is 1. The molecule has 1 saturated carbocycles. The molecule has 0 aliphatic heterocycles. The van der Waals surface area contributed by atoms with Crippen LogP contribution < -0.4 is 4.74 Å². The summed E-state index contributed by atoms with van der Waals surface area (Å²) in [7, 11) is 1.52. The van der Waals surface area contributed by atoms with Crippen molar-refractivity contribution in [3.8, 4) is 16.9 Å². The van der Waals surface area contributed by atoms with E-state index in [1.165, 1.54) is 39.2 Å². The average molecular weight is 376 g/mol. The van der Waals surface area contributed by atoms with Gasteiger partial charge in [0.25, 0.3) is 0 Å². The molecule has 0 radical (unpaired) electrons. The maximum absolute atomic E-state index is 13.7. The van der Waals surface area contributed by atoms with E-state index >= 15 is 0 Å². The molecule has 0 aromatic heterocycles. The van der Waals surface area contributed by atoms with E-state index < -0.39 is 17.5 Å². The Labute approximate surface area is 159 Å². The predicted molar refractivity (Wildman–Crippen MR) is 103 cm³/mol. The van der Waals surface area contributed by atoms with Crippen LogP contribution in [0.2, 0.25) is 0 Å². The molecule has 0 heterocycles. The molecule has 2 aromatic carbocycles. The minimum atomic E-state index is -1.45. The van der Waals surface area contributed by atoms with Gasteiger partial charge in [-0.25, -0.2) is 13.2 Å². The topological polar surface area (TPSA) is 9.23 Å². The van der Waals surface area contributed by atoms with E-state index in [1.54, 1.807) is 0 Å². The first-order valence-corrected chi connectivity index (χ1v) is 9.86. The molecule has 0 unspecified atom stereocenters. The first-order valence-electron chi connectivity index (χ1n) is 9.86. The van der Waals surface area contributed by atoms with E-state index in [0.29, 0.717) is 22.8 Å². The summed E-state index contributed by atoms with van der Waals surface area (Å²) in [5.74, 6) is -2.02. The number of unbranched alkanes of at least 4 members (excludes halogenated alkanes) is 1. The lowest BCUT2D eigenvalue weighted by atomic mass is 9.76. The third kappa shape index (κ3) is 4.48. The van der Waals surface area contributed by atoms with Crippen LogP contribution in [-0.2, 0) is 0 Å². The SMILES string of the molecule is CCCC[C@H]1CC[C@H](c2ccc(OC)c(-c3cc(F)c(F)c(F)c3)c2)CC1. The van der Waals surface area contributed by atoms with Gasteiger partial charge in [0.1, 0.15) is 5.75 Å². The van der Waals surface area contributed by atoms with Gasteiger partial charge >= 0.3 is 0 Å². The second-order valence-electron chi connectivity index (χ2n) is 7.57. The third-order valence-electron chi connectivity index (χ3n) is 5.80. The van der Waals surface area contributed by atoms with Crippen molar-refractivity contribution in [3.63, 3.8) is 0 Å². The van der Waals surface area contributed by atoms with Crippen molar-refractivity contribution in [2.75, 3.05) is 7.11 Å². The van der Waals surface area contributed by atoms with Crippen LogP contribution in [0.15, 0.2) is 30.3 Å². The van der Waals surface area contributed by atoms with E-state index in [1.807, 2.05) is 18.2 Å². The Balaban J connectivity index is 1.85. The zero-order valence-electron chi connectivity index (χ0n) is 16.0. The normalized spacial score (nSPS) is 19.9. The van der Waals surface area contributed by atoms with Gasteiger partial charge in [0.2, 0.25) is 0 Å². The summed E-state index contributed by atoms with van der Waals surface area (Å²) < 4.78 is 46.1. The maximum atomic E-state index is 13.7. The number of methoxy groups -OCH3 is 1. The van der Waals surface area contributed by atoms with E-state index in [4.69, 9.17) is 4.74 Å². The lowest BCUT2D eigenvalue weighted by Crippen LogP contribution is -2.13. The lowest BCUT2D eigenvalue weighted by molar-refractivity contribution is 0.304. The highest BCUT2D eigenvalue weighted by Crippen LogP contribution is 2.41. The fraction of sp³-hybridized carbons (Fsp3) is 0.478. The van der Waals surface area contributed by atoms with Gasteiger partial charge in [-0.1, -0.05) is 32.3 Å². The minimum Gasteiger partial charge on any atom is -0.496 e. The highest BCUT2D eigenvalue weighted by molar-refractivity contribution is 5.71. The molecule has 1 aliphatic rings. The van der Waals surface area contributed by atoms with Crippen molar-refractivity contribution in [3.05, 3.63) is 53.3 Å². The summed E-state index contributed by atoms with van der Waals surface area (Å²) in [5.41, 5.74) is 2.05. The summed E-state index contributed by atoms with van der Waals surface area (Å²) in [6.45, 7) is 2.23. The molecule has 3 rings (SSSR count). The fourth-order valence-corrected chi connectivity index (χ4v) is 4.19. The van der Waals surface area contributed by atoms with Crippen molar-refractivity contribution in [1.29, 1.82) is 0 Å². The number of rotatable bonds is 6. The summed E-state index contributed by atoms with van der Waals surface area (Å²) in [6.07, 6.45) is 8.57. The van der Waals surface area contributed by atoms with Crippen molar-refractivity contribution in [2.45, 2.75) is 57.8 Å². The standard InChI is InChI=1S/C23H27F3O/c1-3-4-5-15-6-8-16(9-7-15)17-10-11-22(27-2)19(12-17)18-13-20(24)23(26)21(25)14-18/h10-16H,3-9H2,1-2H3/t15-,16-. The maximum Gasteiger partial charge on any atom is 0.194 e. The smallest absolute Gasteiger partial charge is 0.194 e. The number of hydrogen-bond donors (Lipinski definition) is 0. The number of ether oxygens (including phenoxy) is 1. The van der Waals surface area contributed by atoms with Crippen LogP contribution in [0.5, 0.6) is 5.75 Å². The molecular formula is C23H27F3O. The van der Waals surface area contributed by atoms with E-state index in [9.17, 15) is 13.2 Å². The molecule has 0 spiro atoms. The molecule has 0 amide bonds. The van der Waals surface area contributed by atoms with Gasteiger partial charge in [-0.2, -0.15) is 0 Å². The second kappa shape index (κ2) is 8.81. The zero-order valence-corrected chi connectivity index (χ0v) is 16.0. The van der Waals surface area contributed by atoms with Crippen molar-refractivity contribution in [1.82, 2.24) is 0 Å². The minimum absolute atomic E-state index is 0.293. The van der Waals surface area contributed by atoms with Gasteiger partial charge in [-0.3, -0.25) is 0 Å². The van der Waals surface area contributed by atoms with Crippen molar-refractivity contribution >= 4 is 0 Å². The monoisotopic (exact) mass is 376 g/mol. The Morgan fingerprint density at radius 1 is 0.963 bits per heavy atom. The molecule has 0 N–H and O–H groups in total. The highest BCUT2D eigenvalue weighted by Gasteiger charge is 2.23. The van der Waals surface area contributed by atoms with E-state index in [2.05, 4.69) is 6.92 Å². The zero-order chi connectivity index (χ0) is 19.4. The van der Waals surface area contributed by atoms with Gasteiger partial charge in [0, 0.05) is 5.56 Å². The Bertz CT molecular complexity index is 756. The summed E-state index contributed by atoms with van der Waals surface area (Å²) in [4.78, 5) is 0.